The monoisotopic (exact) mass is 323 g/mol. The third-order valence-corrected chi connectivity index (χ3v) is 3.81. The van der Waals surface area contributed by atoms with E-state index in [0.29, 0.717) is 26.9 Å². The van der Waals surface area contributed by atoms with Gasteiger partial charge in [-0.2, -0.15) is 0 Å². The smallest absolute Gasteiger partial charge is 0.259 e. The summed E-state index contributed by atoms with van der Waals surface area (Å²) in [6.07, 6.45) is -1.01. The molecule has 4 nitrogen and oxygen atoms in total. The van der Waals surface area contributed by atoms with Crippen LogP contribution in [0.1, 0.15) is 22.1 Å². The zero-order valence-corrected chi connectivity index (χ0v) is 12.3. The summed E-state index contributed by atoms with van der Waals surface area (Å²) in [5, 5.41) is 11.0. The van der Waals surface area contributed by atoms with Gasteiger partial charge in [-0.15, -0.1) is 0 Å². The molecular weight excluding hydrogens is 313 g/mol. The SMILES string of the molecule is O=C1c2ccccc2[C@H](O)N1COc1ccc(Cl)cc1Cl. The van der Waals surface area contributed by atoms with Gasteiger partial charge in [-0.1, -0.05) is 41.4 Å². The molecule has 3 rings (SSSR count). The van der Waals surface area contributed by atoms with Crippen molar-refractivity contribution in [3.8, 4) is 5.75 Å². The first kappa shape index (κ1) is 14.2. The number of hydrogen-bond acceptors (Lipinski definition) is 3. The second-order valence-corrected chi connectivity index (χ2v) is 5.43. The first-order valence-electron chi connectivity index (χ1n) is 6.24. The van der Waals surface area contributed by atoms with Crippen molar-refractivity contribution < 1.29 is 14.6 Å². The Labute approximate surface area is 131 Å². The van der Waals surface area contributed by atoms with Gasteiger partial charge in [-0.25, -0.2) is 0 Å². The van der Waals surface area contributed by atoms with Gasteiger partial charge in [0, 0.05) is 16.1 Å². The van der Waals surface area contributed by atoms with E-state index < -0.39 is 6.23 Å². The Morgan fingerprint density at radius 2 is 1.95 bits per heavy atom. The molecule has 1 atom stereocenters. The van der Waals surface area contributed by atoms with E-state index in [2.05, 4.69) is 0 Å². The van der Waals surface area contributed by atoms with Crippen LogP contribution >= 0.6 is 23.2 Å². The molecule has 1 aliphatic rings. The molecule has 0 spiro atoms. The number of aliphatic hydroxyl groups excluding tert-OH is 1. The summed E-state index contributed by atoms with van der Waals surface area (Å²) in [6.45, 7) is -0.101. The summed E-state index contributed by atoms with van der Waals surface area (Å²) in [6, 6.07) is 11.7. The number of rotatable bonds is 3. The van der Waals surface area contributed by atoms with Crippen LogP contribution in [0.25, 0.3) is 0 Å². The molecule has 2 aromatic carbocycles. The number of hydrogen-bond donors (Lipinski definition) is 1. The van der Waals surface area contributed by atoms with Crippen LogP contribution in [0.5, 0.6) is 5.75 Å². The maximum atomic E-state index is 12.2. The summed E-state index contributed by atoms with van der Waals surface area (Å²) in [7, 11) is 0. The number of ether oxygens (including phenoxy) is 1. The molecule has 1 amide bonds. The number of fused-ring (bicyclic) bond motifs is 1. The molecule has 0 bridgehead atoms. The molecule has 0 saturated heterocycles. The van der Waals surface area contributed by atoms with Crippen LogP contribution in [0.15, 0.2) is 42.5 Å². The highest BCUT2D eigenvalue weighted by atomic mass is 35.5. The molecule has 108 valence electrons. The second-order valence-electron chi connectivity index (χ2n) is 4.58. The second kappa shape index (κ2) is 5.56. The highest BCUT2D eigenvalue weighted by Gasteiger charge is 2.35. The van der Waals surface area contributed by atoms with E-state index in [0.717, 1.165) is 0 Å². The van der Waals surface area contributed by atoms with Gasteiger partial charge in [0.2, 0.25) is 0 Å². The normalized spacial score (nSPS) is 17.0. The third-order valence-electron chi connectivity index (χ3n) is 3.28. The molecule has 1 aliphatic heterocycles. The van der Waals surface area contributed by atoms with Crippen LogP contribution in [0.4, 0.5) is 0 Å². The number of halogens is 2. The van der Waals surface area contributed by atoms with Gasteiger partial charge in [0.25, 0.3) is 5.91 Å². The first-order chi connectivity index (χ1) is 10.1. The zero-order chi connectivity index (χ0) is 15.0. The quantitative estimate of drug-likeness (QED) is 0.940. The molecule has 0 aliphatic carbocycles. The Kier molecular flexibility index (Phi) is 3.76. The fourth-order valence-electron chi connectivity index (χ4n) is 2.21. The van der Waals surface area contributed by atoms with E-state index in [1.54, 1.807) is 42.5 Å². The molecule has 0 radical (unpaired) electrons. The molecule has 0 saturated carbocycles. The number of amides is 1. The largest absolute Gasteiger partial charge is 0.471 e. The van der Waals surface area contributed by atoms with Crippen LogP contribution < -0.4 is 4.74 Å². The average Bonchev–Trinajstić information content (AvgIpc) is 2.71. The lowest BCUT2D eigenvalue weighted by Gasteiger charge is -2.21. The molecule has 2 aromatic rings. The van der Waals surface area contributed by atoms with E-state index in [4.69, 9.17) is 27.9 Å². The van der Waals surface area contributed by atoms with Gasteiger partial charge in [0.05, 0.1) is 5.02 Å². The van der Waals surface area contributed by atoms with Crippen molar-refractivity contribution in [3.05, 3.63) is 63.6 Å². The molecule has 1 N–H and O–H groups in total. The summed E-state index contributed by atoms with van der Waals surface area (Å²) < 4.78 is 5.50. The van der Waals surface area contributed by atoms with Gasteiger partial charge >= 0.3 is 0 Å². The van der Waals surface area contributed by atoms with Crippen molar-refractivity contribution in [1.29, 1.82) is 0 Å². The lowest BCUT2D eigenvalue weighted by Crippen LogP contribution is -2.31. The summed E-state index contributed by atoms with van der Waals surface area (Å²) in [5.74, 6) is 0.125. The summed E-state index contributed by atoms with van der Waals surface area (Å²) in [5.41, 5.74) is 1.06. The molecule has 21 heavy (non-hydrogen) atoms. The fraction of sp³-hybridized carbons (Fsp3) is 0.133. The Hall–Kier alpha value is -1.75. The molecule has 6 heteroatoms. The number of aliphatic hydroxyl groups is 1. The lowest BCUT2D eigenvalue weighted by atomic mass is 10.1. The minimum atomic E-state index is -1.01. The van der Waals surface area contributed by atoms with Gasteiger partial charge in [-0.05, 0) is 24.3 Å². The maximum Gasteiger partial charge on any atom is 0.259 e. The molecule has 0 aromatic heterocycles. The molecule has 0 fully saturated rings. The van der Waals surface area contributed by atoms with Gasteiger partial charge < -0.3 is 9.84 Å². The van der Waals surface area contributed by atoms with E-state index in [1.165, 1.54) is 4.90 Å². The molecule has 1 heterocycles. The highest BCUT2D eigenvalue weighted by Crippen LogP contribution is 2.32. The molecule has 0 unspecified atom stereocenters. The van der Waals surface area contributed by atoms with Crippen molar-refractivity contribution in [3.63, 3.8) is 0 Å². The number of benzene rings is 2. The lowest BCUT2D eigenvalue weighted by molar-refractivity contribution is -0.0141. The van der Waals surface area contributed by atoms with Crippen molar-refractivity contribution in [2.24, 2.45) is 0 Å². The van der Waals surface area contributed by atoms with Crippen LogP contribution in [0, 0.1) is 0 Å². The van der Waals surface area contributed by atoms with Crippen LogP contribution in [0.2, 0.25) is 10.0 Å². The van der Waals surface area contributed by atoms with E-state index in [9.17, 15) is 9.90 Å². The first-order valence-corrected chi connectivity index (χ1v) is 6.99. The van der Waals surface area contributed by atoms with Gasteiger partial charge in [0.15, 0.2) is 13.0 Å². The van der Waals surface area contributed by atoms with Crippen LogP contribution in [0.3, 0.4) is 0 Å². The topological polar surface area (TPSA) is 49.8 Å². The van der Waals surface area contributed by atoms with Crippen molar-refractivity contribution in [2.75, 3.05) is 6.73 Å². The third kappa shape index (κ3) is 2.58. The zero-order valence-electron chi connectivity index (χ0n) is 10.8. The van der Waals surface area contributed by atoms with Gasteiger partial charge in [-0.3, -0.25) is 9.69 Å². The van der Waals surface area contributed by atoms with Crippen LogP contribution in [-0.2, 0) is 0 Å². The number of carbonyl (C=O) groups is 1. The Bertz CT molecular complexity index is 705. The maximum absolute atomic E-state index is 12.2. The highest BCUT2D eigenvalue weighted by molar-refractivity contribution is 6.35. The number of carbonyl (C=O) groups excluding carboxylic acids is 1. The Morgan fingerprint density at radius 1 is 1.19 bits per heavy atom. The summed E-state index contributed by atoms with van der Waals surface area (Å²) >= 11 is 11.8. The van der Waals surface area contributed by atoms with Gasteiger partial charge in [0.1, 0.15) is 5.75 Å². The number of nitrogens with zero attached hydrogens (tertiary/aromatic N) is 1. The predicted octanol–water partition coefficient (Wildman–Crippen LogP) is 3.48. The van der Waals surface area contributed by atoms with Crippen molar-refractivity contribution in [1.82, 2.24) is 4.90 Å². The fourth-order valence-corrected chi connectivity index (χ4v) is 2.67. The van der Waals surface area contributed by atoms with E-state index >= 15 is 0 Å². The minimum absolute atomic E-state index is 0.101. The van der Waals surface area contributed by atoms with Crippen molar-refractivity contribution >= 4 is 29.1 Å². The van der Waals surface area contributed by atoms with E-state index in [-0.39, 0.29) is 12.6 Å². The van der Waals surface area contributed by atoms with Crippen molar-refractivity contribution in [2.45, 2.75) is 6.23 Å². The Balaban J connectivity index is 1.76. The van der Waals surface area contributed by atoms with E-state index in [1.807, 2.05) is 0 Å². The molecular formula is C15H11Cl2NO3. The standard InChI is InChI=1S/C15H11Cl2NO3/c16-9-5-6-13(12(17)7-9)21-8-18-14(19)10-3-1-2-4-11(10)15(18)20/h1-7,14,19H,8H2/t14-/m0/s1. The van der Waals surface area contributed by atoms with Crippen LogP contribution in [-0.4, -0.2) is 22.6 Å². The Morgan fingerprint density at radius 3 is 2.67 bits per heavy atom. The average molecular weight is 324 g/mol. The predicted molar refractivity (Wildman–Crippen MR) is 79.5 cm³/mol. The minimum Gasteiger partial charge on any atom is -0.471 e. The summed E-state index contributed by atoms with van der Waals surface area (Å²) in [4.78, 5) is 13.4.